The van der Waals surface area contributed by atoms with Crippen molar-refractivity contribution in [3.8, 4) is 0 Å². The molecular weight excluding hydrogens is 352 g/mol. The van der Waals surface area contributed by atoms with Crippen molar-refractivity contribution in [1.82, 2.24) is 5.32 Å². The Balaban J connectivity index is 1.69. The topological polar surface area (TPSA) is 41.1 Å². The molecule has 2 N–H and O–H groups in total. The maximum absolute atomic E-state index is 12.3. The first kappa shape index (κ1) is 18.8. The zero-order chi connectivity index (χ0) is 19.2. The quantitative estimate of drug-likeness (QED) is 0.485. The van der Waals surface area contributed by atoms with Gasteiger partial charge in [-0.25, -0.2) is 0 Å². The van der Waals surface area contributed by atoms with Gasteiger partial charge in [0.15, 0.2) is 5.11 Å². The minimum atomic E-state index is -0.257. The number of para-hydroxylation sites is 1. The molecule has 0 heterocycles. The predicted octanol–water partition coefficient (Wildman–Crippen LogP) is 5.24. The van der Waals surface area contributed by atoms with Gasteiger partial charge in [0, 0.05) is 11.8 Å². The highest BCUT2D eigenvalue weighted by molar-refractivity contribution is 7.80. The molecule has 0 saturated carbocycles. The standard InChI is InChI=1S/C23H22N2OS/c1-3-17-10-6-8-16(2)22(17)25-23(27)24-21(26)15-14-19-12-7-11-18-9-4-5-13-20(18)19/h4-15H,3H2,1-2H3,(H2,24,25,26,27). The van der Waals surface area contributed by atoms with E-state index < -0.39 is 0 Å². The van der Waals surface area contributed by atoms with Gasteiger partial charge in [0.25, 0.3) is 0 Å². The summed E-state index contributed by atoms with van der Waals surface area (Å²) in [6.45, 7) is 4.11. The lowest BCUT2D eigenvalue weighted by Gasteiger charge is -2.14. The SMILES string of the molecule is CCc1cccc(C)c1NC(=S)NC(=O)C=Cc1cccc2ccccc12. The van der Waals surface area contributed by atoms with Crippen LogP contribution in [-0.2, 0) is 11.2 Å². The Bertz CT molecular complexity index is 1020. The molecule has 0 fully saturated rings. The van der Waals surface area contributed by atoms with Crippen molar-refractivity contribution < 1.29 is 4.79 Å². The maximum atomic E-state index is 12.3. The van der Waals surface area contributed by atoms with E-state index >= 15 is 0 Å². The third-order valence-electron chi connectivity index (χ3n) is 4.45. The number of rotatable bonds is 4. The number of fused-ring (bicyclic) bond motifs is 1. The normalized spacial score (nSPS) is 10.9. The number of hydrogen-bond donors (Lipinski definition) is 2. The summed E-state index contributed by atoms with van der Waals surface area (Å²) in [5.41, 5.74) is 4.22. The lowest BCUT2D eigenvalue weighted by molar-refractivity contribution is -0.115. The third-order valence-corrected chi connectivity index (χ3v) is 4.66. The number of anilines is 1. The zero-order valence-electron chi connectivity index (χ0n) is 15.5. The molecule has 3 aromatic rings. The number of amides is 1. The van der Waals surface area contributed by atoms with Crippen LogP contribution in [0.4, 0.5) is 5.69 Å². The van der Waals surface area contributed by atoms with Crippen molar-refractivity contribution >= 4 is 45.8 Å². The molecule has 3 rings (SSSR count). The van der Waals surface area contributed by atoms with Crippen LogP contribution in [0.25, 0.3) is 16.8 Å². The smallest absolute Gasteiger partial charge is 0.250 e. The van der Waals surface area contributed by atoms with E-state index in [1.165, 1.54) is 6.08 Å². The second-order valence-corrected chi connectivity index (χ2v) is 6.72. The predicted molar refractivity (Wildman–Crippen MR) is 118 cm³/mol. The summed E-state index contributed by atoms with van der Waals surface area (Å²) in [6.07, 6.45) is 4.21. The molecule has 4 heteroatoms. The fourth-order valence-electron chi connectivity index (χ4n) is 3.06. The number of hydrogen-bond acceptors (Lipinski definition) is 2. The number of carbonyl (C=O) groups is 1. The van der Waals surface area contributed by atoms with Crippen LogP contribution in [0.2, 0.25) is 0 Å². The van der Waals surface area contributed by atoms with Crippen LogP contribution < -0.4 is 10.6 Å². The molecule has 0 unspecified atom stereocenters. The van der Waals surface area contributed by atoms with Crippen molar-refractivity contribution in [3.63, 3.8) is 0 Å². The Labute approximate surface area is 165 Å². The van der Waals surface area contributed by atoms with E-state index in [1.54, 1.807) is 0 Å². The van der Waals surface area contributed by atoms with E-state index in [-0.39, 0.29) is 5.91 Å². The van der Waals surface area contributed by atoms with Crippen molar-refractivity contribution in [2.45, 2.75) is 20.3 Å². The van der Waals surface area contributed by atoms with Gasteiger partial charge in [0.1, 0.15) is 0 Å². The van der Waals surface area contributed by atoms with Crippen LogP contribution in [0.15, 0.2) is 66.7 Å². The molecule has 0 aliphatic carbocycles. The first-order valence-electron chi connectivity index (χ1n) is 8.94. The van der Waals surface area contributed by atoms with Crippen molar-refractivity contribution in [1.29, 1.82) is 0 Å². The van der Waals surface area contributed by atoms with Gasteiger partial charge in [-0.05, 0) is 59.1 Å². The van der Waals surface area contributed by atoms with E-state index in [2.05, 4.69) is 35.8 Å². The van der Waals surface area contributed by atoms with E-state index in [1.807, 2.05) is 55.5 Å². The van der Waals surface area contributed by atoms with Crippen LogP contribution in [0.5, 0.6) is 0 Å². The van der Waals surface area contributed by atoms with Crippen molar-refractivity contribution in [2.75, 3.05) is 5.32 Å². The van der Waals surface area contributed by atoms with Crippen LogP contribution >= 0.6 is 12.2 Å². The highest BCUT2D eigenvalue weighted by atomic mass is 32.1. The summed E-state index contributed by atoms with van der Waals surface area (Å²) >= 11 is 5.31. The Morgan fingerprint density at radius 1 is 1.04 bits per heavy atom. The van der Waals surface area contributed by atoms with Gasteiger partial charge in [-0.1, -0.05) is 67.6 Å². The average molecular weight is 375 g/mol. The summed E-state index contributed by atoms with van der Waals surface area (Å²) in [4.78, 5) is 12.3. The molecule has 0 saturated heterocycles. The van der Waals surface area contributed by atoms with E-state index in [9.17, 15) is 4.79 Å². The summed E-state index contributed by atoms with van der Waals surface area (Å²) in [6, 6.07) is 20.2. The molecule has 27 heavy (non-hydrogen) atoms. The van der Waals surface area contributed by atoms with E-state index in [0.29, 0.717) is 5.11 Å². The fourth-order valence-corrected chi connectivity index (χ4v) is 3.26. The van der Waals surface area contributed by atoms with Gasteiger partial charge in [-0.15, -0.1) is 0 Å². The average Bonchev–Trinajstić information content (AvgIpc) is 2.67. The van der Waals surface area contributed by atoms with Crippen LogP contribution in [0.1, 0.15) is 23.6 Å². The molecule has 0 aliphatic heterocycles. The number of aryl methyl sites for hydroxylation is 2. The van der Waals surface area contributed by atoms with Crippen LogP contribution in [-0.4, -0.2) is 11.0 Å². The Morgan fingerprint density at radius 3 is 2.59 bits per heavy atom. The molecule has 3 nitrogen and oxygen atoms in total. The Hall–Kier alpha value is -2.98. The maximum Gasteiger partial charge on any atom is 0.250 e. The number of nitrogens with one attached hydrogen (secondary N) is 2. The minimum Gasteiger partial charge on any atom is -0.332 e. The Morgan fingerprint density at radius 2 is 1.78 bits per heavy atom. The molecule has 0 atom stereocenters. The van der Waals surface area contributed by atoms with Gasteiger partial charge in [0.2, 0.25) is 5.91 Å². The number of thiocarbonyl (C=S) groups is 1. The molecule has 0 radical (unpaired) electrons. The third kappa shape index (κ3) is 4.60. The molecule has 136 valence electrons. The summed E-state index contributed by atoms with van der Waals surface area (Å²) in [7, 11) is 0. The molecule has 0 aliphatic rings. The lowest BCUT2D eigenvalue weighted by Crippen LogP contribution is -2.33. The molecular formula is C23H22N2OS. The van der Waals surface area contributed by atoms with Gasteiger partial charge < -0.3 is 5.32 Å². The molecule has 0 spiro atoms. The van der Waals surface area contributed by atoms with Crippen molar-refractivity contribution in [2.24, 2.45) is 0 Å². The van der Waals surface area contributed by atoms with Crippen LogP contribution in [0.3, 0.4) is 0 Å². The number of benzene rings is 3. The highest BCUT2D eigenvalue weighted by Gasteiger charge is 2.07. The van der Waals surface area contributed by atoms with Crippen LogP contribution in [0, 0.1) is 6.92 Å². The van der Waals surface area contributed by atoms with Gasteiger partial charge in [0.05, 0.1) is 0 Å². The monoisotopic (exact) mass is 374 g/mol. The second-order valence-electron chi connectivity index (χ2n) is 6.31. The molecule has 0 aromatic heterocycles. The lowest BCUT2D eigenvalue weighted by atomic mass is 10.0. The minimum absolute atomic E-state index is 0.257. The van der Waals surface area contributed by atoms with E-state index in [4.69, 9.17) is 12.2 Å². The first-order valence-corrected chi connectivity index (χ1v) is 9.35. The van der Waals surface area contributed by atoms with Crippen molar-refractivity contribution in [3.05, 3.63) is 83.4 Å². The molecule has 3 aromatic carbocycles. The first-order chi connectivity index (χ1) is 13.1. The Kier molecular flexibility index (Phi) is 5.99. The fraction of sp³-hybridized carbons (Fsp3) is 0.130. The summed E-state index contributed by atoms with van der Waals surface area (Å²) < 4.78 is 0. The van der Waals surface area contributed by atoms with E-state index in [0.717, 1.165) is 39.6 Å². The van der Waals surface area contributed by atoms with Gasteiger partial charge in [-0.3, -0.25) is 10.1 Å². The zero-order valence-corrected chi connectivity index (χ0v) is 16.3. The van der Waals surface area contributed by atoms with Gasteiger partial charge in [-0.2, -0.15) is 0 Å². The second kappa shape index (κ2) is 8.60. The molecule has 0 bridgehead atoms. The molecule has 1 amide bonds. The van der Waals surface area contributed by atoms with Gasteiger partial charge >= 0.3 is 0 Å². The highest BCUT2D eigenvalue weighted by Crippen LogP contribution is 2.21. The summed E-state index contributed by atoms with van der Waals surface area (Å²) in [5.74, 6) is -0.257. The summed E-state index contributed by atoms with van der Waals surface area (Å²) in [5, 5.41) is 8.42. The number of carbonyl (C=O) groups excluding carboxylic acids is 1. The largest absolute Gasteiger partial charge is 0.332 e.